The predicted molar refractivity (Wildman–Crippen MR) is 200 cm³/mol. The minimum Gasteiger partial charge on any atom is -0.456 e. The van der Waals surface area contributed by atoms with Crippen molar-refractivity contribution in [3.63, 3.8) is 0 Å². The first-order valence-corrected chi connectivity index (χ1v) is 16.4. The number of fused-ring (bicyclic) bond motifs is 3. The minimum absolute atomic E-state index is 0.600. The monoisotopic (exact) mass is 627 g/mol. The fourth-order valence-electron chi connectivity index (χ4n) is 6.50. The highest BCUT2D eigenvalue weighted by atomic mass is 16.3. The Kier molecular flexibility index (Phi) is 7.10. The zero-order valence-electron chi connectivity index (χ0n) is 26.5. The van der Waals surface area contributed by atoms with Gasteiger partial charge in [-0.3, -0.25) is 0 Å². The zero-order valence-corrected chi connectivity index (χ0v) is 26.5. The molecule has 230 valence electrons. The summed E-state index contributed by atoms with van der Waals surface area (Å²) < 4.78 is 6.53. The molecule has 0 unspecified atom stereocenters. The Morgan fingerprint density at radius 2 is 0.694 bits per heavy atom. The van der Waals surface area contributed by atoms with E-state index in [2.05, 4.69) is 109 Å². The summed E-state index contributed by atoms with van der Waals surface area (Å²) in [5.41, 5.74) is 11.4. The first-order valence-electron chi connectivity index (χ1n) is 16.4. The molecule has 0 amide bonds. The fraction of sp³-hybridized carbons (Fsp3) is 0. The quantitative estimate of drug-likeness (QED) is 0.184. The van der Waals surface area contributed by atoms with Crippen molar-refractivity contribution in [2.45, 2.75) is 0 Å². The minimum atomic E-state index is 0.600. The lowest BCUT2D eigenvalue weighted by Crippen LogP contribution is -2.00. The van der Waals surface area contributed by atoms with Gasteiger partial charge in [0.05, 0.1) is 0 Å². The van der Waals surface area contributed by atoms with Crippen LogP contribution in [0.3, 0.4) is 0 Å². The Morgan fingerprint density at radius 3 is 1.29 bits per heavy atom. The van der Waals surface area contributed by atoms with Crippen LogP contribution in [0.2, 0.25) is 0 Å². The van der Waals surface area contributed by atoms with Crippen LogP contribution in [-0.2, 0) is 0 Å². The highest BCUT2D eigenvalue weighted by Crippen LogP contribution is 2.37. The van der Waals surface area contributed by atoms with Crippen molar-refractivity contribution in [2.24, 2.45) is 0 Å². The van der Waals surface area contributed by atoms with Crippen LogP contribution < -0.4 is 0 Å². The number of hydrogen-bond acceptors (Lipinski definition) is 4. The van der Waals surface area contributed by atoms with E-state index in [1.807, 2.05) is 66.7 Å². The molecule has 0 bridgehead atoms. The molecule has 9 rings (SSSR count). The van der Waals surface area contributed by atoms with E-state index in [9.17, 15) is 0 Å². The van der Waals surface area contributed by atoms with Crippen LogP contribution >= 0.6 is 0 Å². The van der Waals surface area contributed by atoms with E-state index >= 15 is 0 Å². The van der Waals surface area contributed by atoms with Crippen LogP contribution in [0, 0.1) is 0 Å². The Morgan fingerprint density at radius 1 is 0.286 bits per heavy atom. The molecule has 0 N–H and O–H groups in total. The summed E-state index contributed by atoms with van der Waals surface area (Å²) in [6, 6.07) is 60.6. The maximum Gasteiger partial charge on any atom is 0.164 e. The van der Waals surface area contributed by atoms with Gasteiger partial charge in [-0.1, -0.05) is 146 Å². The summed E-state index contributed by atoms with van der Waals surface area (Å²) in [4.78, 5) is 14.7. The van der Waals surface area contributed by atoms with Crippen LogP contribution in [0.5, 0.6) is 0 Å². The summed E-state index contributed by atoms with van der Waals surface area (Å²) in [6.45, 7) is 0. The van der Waals surface area contributed by atoms with E-state index in [1.165, 1.54) is 22.3 Å². The number of nitrogens with zero attached hydrogens (tertiary/aromatic N) is 3. The molecular formula is C45H29N3O. The molecule has 0 aliphatic rings. The molecule has 0 fully saturated rings. The molecule has 49 heavy (non-hydrogen) atoms. The third-order valence-electron chi connectivity index (χ3n) is 8.95. The van der Waals surface area contributed by atoms with Crippen LogP contribution in [0.1, 0.15) is 0 Å². The molecule has 0 atom stereocenters. The van der Waals surface area contributed by atoms with Crippen LogP contribution in [-0.4, -0.2) is 15.0 Å². The molecule has 0 saturated heterocycles. The van der Waals surface area contributed by atoms with Gasteiger partial charge in [-0.2, -0.15) is 0 Å². The molecular weight excluding hydrogens is 599 g/mol. The van der Waals surface area contributed by atoms with Gasteiger partial charge >= 0.3 is 0 Å². The van der Waals surface area contributed by atoms with E-state index < -0.39 is 0 Å². The highest BCUT2D eigenvalue weighted by Gasteiger charge is 2.15. The van der Waals surface area contributed by atoms with Gasteiger partial charge in [-0.15, -0.1) is 0 Å². The van der Waals surface area contributed by atoms with Crippen LogP contribution in [0.25, 0.3) is 89.5 Å². The molecule has 0 aliphatic carbocycles. The Labute approximate surface area is 284 Å². The topological polar surface area (TPSA) is 51.8 Å². The Bertz CT molecular complexity index is 2540. The number of rotatable bonds is 6. The Balaban J connectivity index is 1.10. The van der Waals surface area contributed by atoms with Crippen molar-refractivity contribution in [2.75, 3.05) is 0 Å². The lowest BCUT2D eigenvalue weighted by Gasteiger charge is -2.12. The van der Waals surface area contributed by atoms with Gasteiger partial charge in [0.15, 0.2) is 17.5 Å². The number of furan rings is 1. The average molecular weight is 628 g/mol. The van der Waals surface area contributed by atoms with E-state index in [0.717, 1.165) is 49.8 Å². The van der Waals surface area contributed by atoms with E-state index in [0.29, 0.717) is 17.5 Å². The third-order valence-corrected chi connectivity index (χ3v) is 8.95. The number of aromatic nitrogens is 3. The fourth-order valence-corrected chi connectivity index (χ4v) is 6.50. The van der Waals surface area contributed by atoms with Gasteiger partial charge in [0.1, 0.15) is 11.2 Å². The van der Waals surface area contributed by atoms with Crippen molar-refractivity contribution in [3.05, 3.63) is 176 Å². The summed E-state index contributed by atoms with van der Waals surface area (Å²) in [7, 11) is 0. The van der Waals surface area contributed by atoms with Crippen molar-refractivity contribution >= 4 is 21.9 Å². The summed E-state index contributed by atoms with van der Waals surface area (Å²) in [5.74, 6) is 1.86. The van der Waals surface area contributed by atoms with Gasteiger partial charge in [0, 0.05) is 27.5 Å². The third kappa shape index (κ3) is 5.45. The summed E-state index contributed by atoms with van der Waals surface area (Å²) in [6.07, 6.45) is 0. The Hall–Kier alpha value is -6.65. The molecule has 4 nitrogen and oxygen atoms in total. The van der Waals surface area contributed by atoms with Gasteiger partial charge < -0.3 is 4.42 Å². The molecule has 0 aliphatic heterocycles. The second-order valence-electron chi connectivity index (χ2n) is 12.1. The van der Waals surface area contributed by atoms with Crippen LogP contribution in [0.4, 0.5) is 0 Å². The van der Waals surface area contributed by atoms with Gasteiger partial charge in [-0.05, 0) is 63.7 Å². The van der Waals surface area contributed by atoms with E-state index in [-0.39, 0.29) is 0 Å². The van der Waals surface area contributed by atoms with E-state index in [1.54, 1.807) is 0 Å². The number of benzene rings is 7. The van der Waals surface area contributed by atoms with E-state index in [4.69, 9.17) is 19.4 Å². The second-order valence-corrected chi connectivity index (χ2v) is 12.1. The molecule has 0 radical (unpaired) electrons. The molecule has 2 heterocycles. The van der Waals surface area contributed by atoms with Gasteiger partial charge in [-0.25, -0.2) is 15.0 Å². The molecule has 9 aromatic rings. The summed E-state index contributed by atoms with van der Waals surface area (Å²) in [5, 5.41) is 2.12. The first kappa shape index (κ1) is 28.6. The maximum absolute atomic E-state index is 6.53. The smallest absolute Gasteiger partial charge is 0.164 e. The molecule has 0 saturated carbocycles. The van der Waals surface area contributed by atoms with Crippen molar-refractivity contribution in [3.8, 4) is 67.5 Å². The SMILES string of the molecule is c1ccc(-c2nc(-c3ccccc3)nc(-c3ccc4c(c3)oc3cc(-c5cccc(-c6ccccc6-c6ccccc6)c5)ccc34)n2)cc1. The molecule has 7 aromatic carbocycles. The molecule has 4 heteroatoms. The normalized spacial score (nSPS) is 11.3. The number of hydrogen-bond donors (Lipinski definition) is 0. The zero-order chi connectivity index (χ0) is 32.6. The van der Waals surface area contributed by atoms with Gasteiger partial charge in [0.25, 0.3) is 0 Å². The highest BCUT2D eigenvalue weighted by molar-refractivity contribution is 6.07. The van der Waals surface area contributed by atoms with Crippen molar-refractivity contribution in [1.82, 2.24) is 15.0 Å². The maximum atomic E-state index is 6.53. The van der Waals surface area contributed by atoms with Crippen molar-refractivity contribution in [1.29, 1.82) is 0 Å². The lowest BCUT2D eigenvalue weighted by molar-refractivity contribution is 0.669. The largest absolute Gasteiger partial charge is 0.456 e. The average Bonchev–Trinajstić information content (AvgIpc) is 3.56. The lowest BCUT2D eigenvalue weighted by atomic mass is 9.92. The predicted octanol–water partition coefficient (Wildman–Crippen LogP) is 11.8. The van der Waals surface area contributed by atoms with Crippen LogP contribution in [0.15, 0.2) is 180 Å². The molecule has 0 spiro atoms. The van der Waals surface area contributed by atoms with Crippen molar-refractivity contribution < 1.29 is 4.42 Å². The summed E-state index contributed by atoms with van der Waals surface area (Å²) >= 11 is 0. The second kappa shape index (κ2) is 12.2. The first-order chi connectivity index (χ1) is 24.3. The standard InChI is InChI=1S/C45H29N3O/c1-4-13-30(14-5-1)37-21-10-11-22-38(37)35-20-12-19-33(27-35)34-23-25-39-40-26-24-36(29-42(40)49-41(39)28-34)45-47-43(31-15-6-2-7-16-31)46-44(48-45)32-17-8-3-9-18-32/h1-29H. The van der Waals surface area contributed by atoms with Gasteiger partial charge in [0.2, 0.25) is 0 Å². The molecule has 2 aromatic heterocycles.